The van der Waals surface area contributed by atoms with E-state index in [2.05, 4.69) is 0 Å². The van der Waals surface area contributed by atoms with Crippen LogP contribution in [0.25, 0.3) is 0 Å². The summed E-state index contributed by atoms with van der Waals surface area (Å²) in [6, 6.07) is 4.88. The van der Waals surface area contributed by atoms with Crippen LogP contribution < -0.4 is 10.5 Å². The second kappa shape index (κ2) is 5.21. The number of nitrogen functional groups attached to an aromatic ring is 1. The Morgan fingerprint density at radius 1 is 1.53 bits per heavy atom. The fraction of sp³-hybridized carbons (Fsp3) is 0.300. The number of hydrogen-bond donors (Lipinski definition) is 2. The van der Waals surface area contributed by atoms with Gasteiger partial charge in [0.2, 0.25) is 0 Å². The first kappa shape index (κ1) is 11.3. The van der Waals surface area contributed by atoms with Crippen LogP contribution in [0, 0.1) is 0 Å². The lowest BCUT2D eigenvalue weighted by Gasteiger charge is -2.09. The van der Waals surface area contributed by atoms with Gasteiger partial charge in [0.1, 0.15) is 17.9 Å². The molecule has 0 unspecified atom stereocenters. The van der Waals surface area contributed by atoms with Crippen molar-refractivity contribution < 1.29 is 19.4 Å². The summed E-state index contributed by atoms with van der Waals surface area (Å²) in [6.07, 6.45) is 0. The maximum Gasteiger partial charge on any atom is 0.344 e. The number of hydrogen-bond acceptors (Lipinski definition) is 5. The number of carbonyl (C=O) groups excluding carboxylic acids is 1. The number of ether oxygens (including phenoxy) is 2. The highest BCUT2D eigenvalue weighted by Gasteiger charge is 2.16. The molecule has 0 aliphatic rings. The van der Waals surface area contributed by atoms with Crippen molar-refractivity contribution in [3.05, 3.63) is 23.8 Å². The molecule has 0 fully saturated rings. The Hall–Kier alpha value is -1.75. The highest BCUT2D eigenvalue weighted by atomic mass is 16.5. The Bertz CT molecular complexity index is 351. The zero-order valence-corrected chi connectivity index (χ0v) is 8.40. The summed E-state index contributed by atoms with van der Waals surface area (Å²) < 4.78 is 9.74. The van der Waals surface area contributed by atoms with Gasteiger partial charge in [-0.25, -0.2) is 4.79 Å². The minimum atomic E-state index is -0.598. The van der Waals surface area contributed by atoms with E-state index in [-0.39, 0.29) is 24.5 Å². The van der Waals surface area contributed by atoms with Crippen molar-refractivity contribution >= 4 is 11.7 Å². The SMILES string of the molecule is COc1cccc(N)c1C(=O)OCCO. The van der Waals surface area contributed by atoms with Crippen molar-refractivity contribution in [2.24, 2.45) is 0 Å². The van der Waals surface area contributed by atoms with E-state index in [1.807, 2.05) is 0 Å². The number of esters is 1. The highest BCUT2D eigenvalue weighted by Crippen LogP contribution is 2.24. The van der Waals surface area contributed by atoms with Crippen LogP contribution >= 0.6 is 0 Å². The normalized spacial score (nSPS) is 9.73. The molecule has 0 spiro atoms. The van der Waals surface area contributed by atoms with Crippen molar-refractivity contribution in [3.63, 3.8) is 0 Å². The van der Waals surface area contributed by atoms with E-state index in [1.165, 1.54) is 7.11 Å². The number of carbonyl (C=O) groups is 1. The minimum absolute atomic E-state index is 0.0592. The average Bonchev–Trinajstić information content (AvgIpc) is 2.25. The molecule has 0 saturated carbocycles. The molecule has 0 bridgehead atoms. The molecule has 0 aliphatic heterocycles. The lowest BCUT2D eigenvalue weighted by Crippen LogP contribution is -2.12. The molecule has 1 aromatic carbocycles. The van der Waals surface area contributed by atoms with Crippen LogP contribution in [0.4, 0.5) is 5.69 Å². The number of methoxy groups -OCH3 is 1. The first-order chi connectivity index (χ1) is 7.20. The van der Waals surface area contributed by atoms with Crippen molar-refractivity contribution in [1.29, 1.82) is 0 Å². The minimum Gasteiger partial charge on any atom is -0.496 e. The first-order valence-electron chi connectivity index (χ1n) is 4.41. The van der Waals surface area contributed by atoms with Crippen LogP contribution in [0.15, 0.2) is 18.2 Å². The molecule has 0 aromatic heterocycles. The monoisotopic (exact) mass is 211 g/mol. The Morgan fingerprint density at radius 3 is 2.87 bits per heavy atom. The molecule has 1 aromatic rings. The van der Waals surface area contributed by atoms with Gasteiger partial charge in [0.15, 0.2) is 0 Å². The fourth-order valence-corrected chi connectivity index (χ4v) is 1.15. The first-order valence-corrected chi connectivity index (χ1v) is 4.41. The largest absolute Gasteiger partial charge is 0.496 e. The van der Waals surface area contributed by atoms with Gasteiger partial charge in [-0.3, -0.25) is 0 Å². The van der Waals surface area contributed by atoms with Gasteiger partial charge in [0, 0.05) is 5.69 Å². The van der Waals surface area contributed by atoms with Crippen molar-refractivity contribution in [2.45, 2.75) is 0 Å². The molecule has 0 amide bonds. The number of benzene rings is 1. The fourth-order valence-electron chi connectivity index (χ4n) is 1.15. The van der Waals surface area contributed by atoms with Crippen LogP contribution in [0.5, 0.6) is 5.75 Å². The van der Waals surface area contributed by atoms with Crippen LogP contribution in [0.1, 0.15) is 10.4 Å². The maximum atomic E-state index is 11.5. The number of rotatable bonds is 4. The molecule has 5 heteroatoms. The molecule has 82 valence electrons. The van der Waals surface area contributed by atoms with Crippen molar-refractivity contribution in [2.75, 3.05) is 26.1 Å². The number of aliphatic hydroxyl groups is 1. The molecule has 1 rings (SSSR count). The maximum absolute atomic E-state index is 11.5. The quantitative estimate of drug-likeness (QED) is 0.557. The highest BCUT2D eigenvalue weighted by molar-refractivity contribution is 5.98. The zero-order chi connectivity index (χ0) is 11.3. The molecule has 5 nitrogen and oxygen atoms in total. The van der Waals surface area contributed by atoms with Crippen LogP contribution in [0.2, 0.25) is 0 Å². The van der Waals surface area contributed by atoms with E-state index in [1.54, 1.807) is 18.2 Å². The third-order valence-electron chi connectivity index (χ3n) is 1.81. The van der Waals surface area contributed by atoms with Gasteiger partial charge in [-0.15, -0.1) is 0 Å². The average molecular weight is 211 g/mol. The lowest BCUT2D eigenvalue weighted by molar-refractivity contribution is 0.0431. The zero-order valence-electron chi connectivity index (χ0n) is 8.40. The molecule has 0 atom stereocenters. The smallest absolute Gasteiger partial charge is 0.344 e. The summed E-state index contributed by atoms with van der Waals surface area (Å²) in [4.78, 5) is 11.5. The Balaban J connectivity index is 2.95. The van der Waals surface area contributed by atoms with E-state index in [4.69, 9.17) is 20.3 Å². The van der Waals surface area contributed by atoms with E-state index in [0.717, 1.165) is 0 Å². The van der Waals surface area contributed by atoms with Gasteiger partial charge in [-0.2, -0.15) is 0 Å². The number of anilines is 1. The third-order valence-corrected chi connectivity index (χ3v) is 1.81. The van der Waals surface area contributed by atoms with Gasteiger partial charge >= 0.3 is 5.97 Å². The third kappa shape index (κ3) is 2.60. The molecular formula is C10H13NO4. The molecule has 0 heterocycles. The molecule has 3 N–H and O–H groups in total. The standard InChI is InChI=1S/C10H13NO4/c1-14-8-4-2-3-7(11)9(8)10(13)15-6-5-12/h2-4,12H,5-6,11H2,1H3. The molecule has 0 saturated heterocycles. The van der Waals surface area contributed by atoms with Gasteiger partial charge in [-0.05, 0) is 12.1 Å². The lowest BCUT2D eigenvalue weighted by atomic mass is 10.1. The Kier molecular flexibility index (Phi) is 3.93. The van der Waals surface area contributed by atoms with Crippen LogP contribution in [-0.2, 0) is 4.74 Å². The second-order valence-electron chi connectivity index (χ2n) is 2.78. The summed E-state index contributed by atoms with van der Waals surface area (Å²) in [5.41, 5.74) is 6.10. The molecular weight excluding hydrogens is 198 g/mol. The van der Waals surface area contributed by atoms with E-state index >= 15 is 0 Å². The molecule has 0 radical (unpaired) electrons. The van der Waals surface area contributed by atoms with Crippen molar-refractivity contribution in [1.82, 2.24) is 0 Å². The van der Waals surface area contributed by atoms with Crippen LogP contribution in [-0.4, -0.2) is 31.4 Å². The second-order valence-corrected chi connectivity index (χ2v) is 2.78. The Morgan fingerprint density at radius 2 is 2.27 bits per heavy atom. The number of aliphatic hydroxyl groups excluding tert-OH is 1. The summed E-state index contributed by atoms with van der Waals surface area (Å²) in [5, 5.41) is 8.52. The van der Waals surface area contributed by atoms with Crippen molar-refractivity contribution in [3.8, 4) is 5.75 Å². The molecule has 0 aliphatic carbocycles. The van der Waals surface area contributed by atoms with Gasteiger partial charge in [0.25, 0.3) is 0 Å². The predicted octanol–water partition coefficient (Wildman–Crippen LogP) is 0.426. The predicted molar refractivity (Wildman–Crippen MR) is 54.8 cm³/mol. The number of nitrogens with two attached hydrogens (primary N) is 1. The summed E-state index contributed by atoms with van der Waals surface area (Å²) in [7, 11) is 1.44. The summed E-state index contributed by atoms with van der Waals surface area (Å²) >= 11 is 0. The summed E-state index contributed by atoms with van der Waals surface area (Å²) in [5.74, 6) is -0.239. The van der Waals surface area contributed by atoms with Gasteiger partial charge < -0.3 is 20.3 Å². The topological polar surface area (TPSA) is 81.8 Å². The van der Waals surface area contributed by atoms with Gasteiger partial charge in [0.05, 0.1) is 13.7 Å². The summed E-state index contributed by atoms with van der Waals surface area (Å²) in [6.45, 7) is -0.281. The van der Waals surface area contributed by atoms with E-state index in [9.17, 15) is 4.79 Å². The molecule has 15 heavy (non-hydrogen) atoms. The van der Waals surface area contributed by atoms with Crippen LogP contribution in [0.3, 0.4) is 0 Å². The van der Waals surface area contributed by atoms with E-state index in [0.29, 0.717) is 5.75 Å². The Labute approximate surface area is 87.4 Å². The van der Waals surface area contributed by atoms with E-state index < -0.39 is 5.97 Å². The van der Waals surface area contributed by atoms with Gasteiger partial charge in [-0.1, -0.05) is 6.07 Å².